The molecule has 0 atom stereocenters. The molecule has 1 aliphatic heterocycles. The van der Waals surface area contributed by atoms with Crippen molar-refractivity contribution >= 4 is 6.03 Å². The molecule has 0 radical (unpaired) electrons. The topological polar surface area (TPSA) is 73.8 Å². The third kappa shape index (κ3) is 5.56. The van der Waals surface area contributed by atoms with Gasteiger partial charge in [-0.25, -0.2) is 4.79 Å². The van der Waals surface area contributed by atoms with Crippen molar-refractivity contribution in [3.63, 3.8) is 0 Å². The minimum Gasteiger partial charge on any atom is -0.395 e. The summed E-state index contributed by atoms with van der Waals surface area (Å²) in [5.41, 5.74) is 0. The molecule has 0 spiro atoms. The van der Waals surface area contributed by atoms with Gasteiger partial charge in [0.2, 0.25) is 0 Å². The molecule has 6 heteroatoms. The molecule has 1 fully saturated rings. The number of hydrogen-bond donors (Lipinski definition) is 3. The van der Waals surface area contributed by atoms with Gasteiger partial charge < -0.3 is 20.5 Å². The molecule has 0 aromatic rings. The van der Waals surface area contributed by atoms with Crippen molar-refractivity contribution < 1.29 is 14.6 Å². The molecule has 88 valence electrons. The van der Waals surface area contributed by atoms with Crippen LogP contribution in [0.2, 0.25) is 0 Å². The van der Waals surface area contributed by atoms with Crippen molar-refractivity contribution in [2.24, 2.45) is 0 Å². The third-order valence-electron chi connectivity index (χ3n) is 2.21. The Balaban J connectivity index is 1.97. The highest BCUT2D eigenvalue weighted by Crippen LogP contribution is 1.94. The van der Waals surface area contributed by atoms with Crippen LogP contribution in [0.15, 0.2) is 0 Å². The fraction of sp³-hybridized carbons (Fsp3) is 0.889. The molecule has 15 heavy (non-hydrogen) atoms. The number of amides is 2. The zero-order valence-corrected chi connectivity index (χ0v) is 8.87. The van der Waals surface area contributed by atoms with Gasteiger partial charge in [0.05, 0.1) is 19.8 Å². The van der Waals surface area contributed by atoms with E-state index in [1.165, 1.54) is 0 Å². The summed E-state index contributed by atoms with van der Waals surface area (Å²) in [5.74, 6) is 0. The number of urea groups is 1. The maximum absolute atomic E-state index is 11.1. The predicted octanol–water partition coefficient (Wildman–Crippen LogP) is -1.39. The summed E-state index contributed by atoms with van der Waals surface area (Å²) in [6, 6.07) is -0.225. The van der Waals surface area contributed by atoms with Crippen molar-refractivity contribution in [1.29, 1.82) is 0 Å². The number of carbonyl (C=O) groups is 1. The lowest BCUT2D eigenvalue weighted by atomic mass is 10.4. The lowest BCUT2D eigenvalue weighted by molar-refractivity contribution is 0.0387. The average molecular weight is 217 g/mol. The lowest BCUT2D eigenvalue weighted by Crippen LogP contribution is -2.44. The van der Waals surface area contributed by atoms with Crippen LogP contribution in [-0.2, 0) is 4.74 Å². The zero-order valence-electron chi connectivity index (χ0n) is 8.87. The van der Waals surface area contributed by atoms with Gasteiger partial charge in [-0.15, -0.1) is 0 Å². The Kier molecular flexibility index (Phi) is 6.06. The minimum absolute atomic E-state index is 0.0309. The Bertz CT molecular complexity index is 183. The Labute approximate surface area is 89.6 Å². The van der Waals surface area contributed by atoms with E-state index < -0.39 is 0 Å². The van der Waals surface area contributed by atoms with E-state index in [9.17, 15) is 4.79 Å². The number of hydrogen-bond acceptors (Lipinski definition) is 4. The summed E-state index contributed by atoms with van der Waals surface area (Å²) in [7, 11) is 0. The lowest BCUT2D eigenvalue weighted by Gasteiger charge is -2.26. The number of rotatable bonds is 5. The van der Waals surface area contributed by atoms with Crippen LogP contribution in [0.4, 0.5) is 4.79 Å². The first kappa shape index (κ1) is 12.2. The maximum atomic E-state index is 11.1. The quantitative estimate of drug-likeness (QED) is 0.530. The second-order valence-electron chi connectivity index (χ2n) is 3.36. The van der Waals surface area contributed by atoms with Crippen molar-refractivity contribution in [3.05, 3.63) is 0 Å². The number of nitrogens with zero attached hydrogens (tertiary/aromatic N) is 1. The molecular weight excluding hydrogens is 198 g/mol. The first-order valence-electron chi connectivity index (χ1n) is 5.25. The predicted molar refractivity (Wildman–Crippen MR) is 55.7 cm³/mol. The molecule has 0 aromatic heterocycles. The van der Waals surface area contributed by atoms with Crippen molar-refractivity contribution in [1.82, 2.24) is 15.5 Å². The van der Waals surface area contributed by atoms with Gasteiger partial charge in [0.1, 0.15) is 0 Å². The van der Waals surface area contributed by atoms with Crippen LogP contribution in [0.25, 0.3) is 0 Å². The molecular formula is C9H19N3O3. The number of aliphatic hydroxyl groups is 1. The fourth-order valence-corrected chi connectivity index (χ4v) is 1.38. The van der Waals surface area contributed by atoms with E-state index in [4.69, 9.17) is 9.84 Å². The van der Waals surface area contributed by atoms with Crippen LogP contribution in [-0.4, -0.2) is 68.6 Å². The van der Waals surface area contributed by atoms with E-state index in [1.54, 1.807) is 0 Å². The van der Waals surface area contributed by atoms with E-state index in [0.29, 0.717) is 13.1 Å². The number of morpholine rings is 1. The Hall–Kier alpha value is -0.850. The molecule has 6 nitrogen and oxygen atoms in total. The molecule has 0 bridgehead atoms. The van der Waals surface area contributed by atoms with Crippen molar-refractivity contribution in [2.45, 2.75) is 0 Å². The number of ether oxygens (including phenoxy) is 1. The third-order valence-corrected chi connectivity index (χ3v) is 2.21. The van der Waals surface area contributed by atoms with Crippen molar-refractivity contribution in [2.75, 3.05) is 52.5 Å². The molecule has 0 aromatic carbocycles. The van der Waals surface area contributed by atoms with E-state index in [2.05, 4.69) is 15.5 Å². The average Bonchev–Trinajstić information content (AvgIpc) is 2.28. The van der Waals surface area contributed by atoms with E-state index >= 15 is 0 Å². The zero-order chi connectivity index (χ0) is 10.9. The second kappa shape index (κ2) is 7.44. The molecule has 1 heterocycles. The standard InChI is InChI=1S/C9H19N3O3/c13-6-2-11-9(14)10-1-3-12-4-7-15-8-5-12/h13H,1-8H2,(H2,10,11,14). The summed E-state index contributed by atoms with van der Waals surface area (Å²) < 4.78 is 5.21. The first-order chi connectivity index (χ1) is 7.33. The van der Waals surface area contributed by atoms with Gasteiger partial charge in [-0.05, 0) is 0 Å². The van der Waals surface area contributed by atoms with E-state index in [1.807, 2.05) is 0 Å². The molecule has 1 saturated heterocycles. The molecule has 0 saturated carbocycles. The first-order valence-corrected chi connectivity index (χ1v) is 5.25. The van der Waals surface area contributed by atoms with Gasteiger partial charge in [-0.2, -0.15) is 0 Å². The van der Waals surface area contributed by atoms with E-state index in [-0.39, 0.29) is 12.6 Å². The Morgan fingerprint density at radius 2 is 1.93 bits per heavy atom. The van der Waals surface area contributed by atoms with Gasteiger partial charge in [0.25, 0.3) is 0 Å². The monoisotopic (exact) mass is 217 g/mol. The highest BCUT2D eigenvalue weighted by molar-refractivity contribution is 5.73. The Morgan fingerprint density at radius 3 is 2.60 bits per heavy atom. The summed E-state index contributed by atoms with van der Waals surface area (Å²) in [5, 5.41) is 13.7. The second-order valence-corrected chi connectivity index (χ2v) is 3.36. The molecule has 2 amide bonds. The van der Waals surface area contributed by atoms with Crippen molar-refractivity contribution in [3.8, 4) is 0 Å². The van der Waals surface area contributed by atoms with Crippen LogP contribution in [0.5, 0.6) is 0 Å². The number of aliphatic hydroxyl groups excluding tert-OH is 1. The minimum atomic E-state index is -0.225. The molecule has 1 aliphatic rings. The molecule has 3 N–H and O–H groups in total. The van der Waals surface area contributed by atoms with Gasteiger partial charge in [-0.3, -0.25) is 4.90 Å². The van der Waals surface area contributed by atoms with Gasteiger partial charge in [-0.1, -0.05) is 0 Å². The fourth-order valence-electron chi connectivity index (χ4n) is 1.38. The van der Waals surface area contributed by atoms with Crippen LogP contribution >= 0.6 is 0 Å². The van der Waals surface area contributed by atoms with Gasteiger partial charge in [0.15, 0.2) is 0 Å². The summed E-state index contributed by atoms with van der Waals surface area (Å²) >= 11 is 0. The summed E-state index contributed by atoms with van der Waals surface area (Å²) in [6.07, 6.45) is 0. The largest absolute Gasteiger partial charge is 0.395 e. The summed E-state index contributed by atoms with van der Waals surface area (Å²) in [6.45, 7) is 5.14. The molecule has 0 unspecified atom stereocenters. The van der Waals surface area contributed by atoms with Crippen LogP contribution in [0.1, 0.15) is 0 Å². The van der Waals surface area contributed by atoms with Crippen LogP contribution in [0, 0.1) is 0 Å². The van der Waals surface area contributed by atoms with Crippen LogP contribution in [0.3, 0.4) is 0 Å². The highest BCUT2D eigenvalue weighted by atomic mass is 16.5. The van der Waals surface area contributed by atoms with Crippen LogP contribution < -0.4 is 10.6 Å². The van der Waals surface area contributed by atoms with Gasteiger partial charge >= 0.3 is 6.03 Å². The Morgan fingerprint density at radius 1 is 1.27 bits per heavy atom. The number of carbonyl (C=O) groups excluding carboxylic acids is 1. The molecule has 1 rings (SSSR count). The maximum Gasteiger partial charge on any atom is 0.314 e. The SMILES string of the molecule is O=C(NCCO)NCCN1CCOCC1. The molecule has 0 aliphatic carbocycles. The summed E-state index contributed by atoms with van der Waals surface area (Å²) in [4.78, 5) is 13.3. The number of nitrogens with one attached hydrogen (secondary N) is 2. The smallest absolute Gasteiger partial charge is 0.314 e. The van der Waals surface area contributed by atoms with E-state index in [0.717, 1.165) is 32.8 Å². The normalized spacial score (nSPS) is 17.4. The highest BCUT2D eigenvalue weighted by Gasteiger charge is 2.09. The van der Waals surface area contributed by atoms with Gasteiger partial charge in [0, 0.05) is 32.7 Å².